The van der Waals surface area contributed by atoms with Crippen molar-refractivity contribution in [1.29, 1.82) is 0 Å². The average molecular weight is 416 g/mol. The van der Waals surface area contributed by atoms with E-state index in [2.05, 4.69) is 15.4 Å². The van der Waals surface area contributed by atoms with Crippen molar-refractivity contribution in [3.05, 3.63) is 64.7 Å². The summed E-state index contributed by atoms with van der Waals surface area (Å²) in [5.74, 6) is -0.0774. The first-order valence-corrected chi connectivity index (χ1v) is 8.33. The zero-order valence-electron chi connectivity index (χ0n) is 14.7. The maximum Gasteiger partial charge on any atom is 0.416 e. The van der Waals surface area contributed by atoms with Crippen molar-refractivity contribution in [1.82, 2.24) is 20.2 Å². The Morgan fingerprint density at radius 1 is 0.862 bits per heavy atom. The molecule has 0 radical (unpaired) electrons. The van der Waals surface area contributed by atoms with Gasteiger partial charge in [0.05, 0.1) is 24.3 Å². The minimum atomic E-state index is -4.59. The number of hydrogen-bond donors (Lipinski definition) is 1. The van der Waals surface area contributed by atoms with Crippen LogP contribution >= 0.6 is 0 Å². The lowest BCUT2D eigenvalue weighted by Gasteiger charge is -2.12. The zero-order chi connectivity index (χ0) is 21.2. The highest BCUT2D eigenvalue weighted by molar-refractivity contribution is 5.62. The van der Waals surface area contributed by atoms with Gasteiger partial charge in [-0.2, -0.15) is 31.1 Å². The van der Waals surface area contributed by atoms with E-state index in [0.717, 1.165) is 29.1 Å². The van der Waals surface area contributed by atoms with Gasteiger partial charge in [-0.1, -0.05) is 18.2 Å². The van der Waals surface area contributed by atoms with E-state index in [-0.39, 0.29) is 31.0 Å². The summed E-state index contributed by atoms with van der Waals surface area (Å²) < 4.78 is 77.5. The van der Waals surface area contributed by atoms with E-state index in [1.54, 1.807) is 0 Å². The van der Waals surface area contributed by atoms with Crippen molar-refractivity contribution in [2.24, 2.45) is 0 Å². The molecule has 29 heavy (non-hydrogen) atoms. The fraction of sp³-hybridized carbons (Fsp3) is 0.278. The predicted octanol–water partition coefficient (Wildman–Crippen LogP) is 3.96. The summed E-state index contributed by atoms with van der Waals surface area (Å²) in [6.07, 6.45) is -9.00. The summed E-state index contributed by atoms with van der Waals surface area (Å²) in [5, 5.41) is 20.3. The molecule has 1 aromatic heterocycles. The number of halogens is 6. The second kappa shape index (κ2) is 7.82. The van der Waals surface area contributed by atoms with E-state index in [1.807, 2.05) is 0 Å². The lowest BCUT2D eigenvalue weighted by Crippen LogP contribution is -2.07. The number of tetrazole rings is 1. The Morgan fingerprint density at radius 3 is 2.07 bits per heavy atom. The quantitative estimate of drug-likeness (QED) is 0.640. The molecule has 0 spiro atoms. The van der Waals surface area contributed by atoms with Gasteiger partial charge in [0.25, 0.3) is 0 Å². The first-order valence-electron chi connectivity index (χ1n) is 8.33. The van der Waals surface area contributed by atoms with Crippen molar-refractivity contribution in [2.75, 3.05) is 6.61 Å². The van der Waals surface area contributed by atoms with Crippen LogP contribution in [-0.2, 0) is 25.3 Å². The normalized spacial score (nSPS) is 12.4. The number of nitrogens with zero attached hydrogens (tertiary/aromatic N) is 4. The van der Waals surface area contributed by atoms with E-state index in [9.17, 15) is 26.3 Å². The maximum atomic E-state index is 13.1. The van der Waals surface area contributed by atoms with Gasteiger partial charge in [0, 0.05) is 5.56 Å². The Hall–Kier alpha value is -2.95. The average Bonchev–Trinajstić information content (AvgIpc) is 3.09. The molecule has 0 saturated heterocycles. The summed E-state index contributed by atoms with van der Waals surface area (Å²) in [4.78, 5) is 1.04. The molecule has 0 aliphatic heterocycles. The molecule has 0 atom stereocenters. The van der Waals surface area contributed by atoms with Gasteiger partial charge in [-0.25, -0.2) is 0 Å². The lowest BCUT2D eigenvalue weighted by molar-refractivity contribution is -0.138. The molecule has 1 heterocycles. The molecule has 3 rings (SSSR count). The van der Waals surface area contributed by atoms with Gasteiger partial charge in [-0.3, -0.25) is 0 Å². The molecular formula is C18H14F6N4O. The Balaban J connectivity index is 1.98. The SMILES string of the molecule is OCCn1nnc(-c2cc(C(F)(F)F)ccc2Cc2ccc(C(F)(F)F)cc2)n1. The summed E-state index contributed by atoms with van der Waals surface area (Å²) in [6, 6.07) is 7.35. The molecule has 5 nitrogen and oxygen atoms in total. The van der Waals surface area contributed by atoms with Gasteiger partial charge in [-0.15, -0.1) is 10.2 Å². The second-order valence-electron chi connectivity index (χ2n) is 6.17. The fourth-order valence-electron chi connectivity index (χ4n) is 2.68. The Morgan fingerprint density at radius 2 is 1.48 bits per heavy atom. The van der Waals surface area contributed by atoms with Crippen LogP contribution in [0.2, 0.25) is 0 Å². The van der Waals surface area contributed by atoms with Gasteiger partial charge < -0.3 is 5.11 Å². The number of aliphatic hydroxyl groups is 1. The number of hydrogen-bond acceptors (Lipinski definition) is 4. The largest absolute Gasteiger partial charge is 0.416 e. The molecule has 1 N–H and O–H groups in total. The van der Waals surface area contributed by atoms with Crippen molar-refractivity contribution in [3.8, 4) is 11.4 Å². The van der Waals surface area contributed by atoms with Crippen molar-refractivity contribution < 1.29 is 31.4 Å². The van der Waals surface area contributed by atoms with Crippen LogP contribution in [0.3, 0.4) is 0 Å². The first kappa shape index (κ1) is 20.8. The topological polar surface area (TPSA) is 63.8 Å². The summed E-state index contributed by atoms with van der Waals surface area (Å²) in [5.41, 5.74) is -0.809. The van der Waals surface area contributed by atoms with Crippen LogP contribution < -0.4 is 0 Å². The molecule has 0 amide bonds. The highest BCUT2D eigenvalue weighted by Gasteiger charge is 2.32. The summed E-state index contributed by atoms with van der Waals surface area (Å²) in [7, 11) is 0. The van der Waals surface area contributed by atoms with Crippen LogP contribution in [0.15, 0.2) is 42.5 Å². The van der Waals surface area contributed by atoms with Crippen LogP contribution in [0.25, 0.3) is 11.4 Å². The fourth-order valence-corrected chi connectivity index (χ4v) is 2.68. The number of aromatic nitrogens is 4. The first-order chi connectivity index (χ1) is 13.6. The lowest BCUT2D eigenvalue weighted by atomic mass is 9.96. The van der Waals surface area contributed by atoms with Gasteiger partial charge in [0.2, 0.25) is 5.82 Å². The maximum absolute atomic E-state index is 13.1. The third kappa shape index (κ3) is 4.91. The molecule has 0 aliphatic carbocycles. The van der Waals surface area contributed by atoms with Crippen LogP contribution in [0.5, 0.6) is 0 Å². The van der Waals surface area contributed by atoms with E-state index in [4.69, 9.17) is 5.11 Å². The Kier molecular flexibility index (Phi) is 5.60. The van der Waals surface area contributed by atoms with Crippen LogP contribution in [0, 0.1) is 0 Å². The Bertz CT molecular complexity index is 979. The van der Waals surface area contributed by atoms with Crippen LogP contribution in [0.4, 0.5) is 26.3 Å². The molecule has 0 fully saturated rings. The molecule has 3 aromatic rings. The highest BCUT2D eigenvalue weighted by atomic mass is 19.4. The summed E-state index contributed by atoms with van der Waals surface area (Å²) >= 11 is 0. The molecular weight excluding hydrogens is 402 g/mol. The van der Waals surface area contributed by atoms with Crippen molar-refractivity contribution >= 4 is 0 Å². The molecule has 0 aliphatic rings. The molecule has 11 heteroatoms. The molecule has 154 valence electrons. The van der Waals surface area contributed by atoms with E-state index in [1.165, 1.54) is 18.2 Å². The van der Waals surface area contributed by atoms with E-state index < -0.39 is 23.5 Å². The smallest absolute Gasteiger partial charge is 0.394 e. The van der Waals surface area contributed by atoms with Gasteiger partial charge in [0.1, 0.15) is 0 Å². The predicted molar refractivity (Wildman–Crippen MR) is 89.6 cm³/mol. The molecule has 0 bridgehead atoms. The number of aliphatic hydroxyl groups excluding tert-OH is 1. The van der Waals surface area contributed by atoms with Crippen LogP contribution in [-0.4, -0.2) is 31.9 Å². The molecule has 2 aromatic carbocycles. The minimum absolute atomic E-state index is 0.0141. The second-order valence-corrected chi connectivity index (χ2v) is 6.17. The zero-order valence-corrected chi connectivity index (χ0v) is 14.7. The van der Waals surface area contributed by atoms with Crippen molar-refractivity contribution in [3.63, 3.8) is 0 Å². The molecule has 0 unspecified atom stereocenters. The molecule has 0 saturated carbocycles. The van der Waals surface area contributed by atoms with Gasteiger partial charge in [0.15, 0.2) is 0 Å². The summed E-state index contributed by atoms with van der Waals surface area (Å²) in [6.45, 7) is -0.267. The van der Waals surface area contributed by atoms with E-state index >= 15 is 0 Å². The van der Waals surface area contributed by atoms with Gasteiger partial charge >= 0.3 is 12.4 Å². The van der Waals surface area contributed by atoms with Crippen molar-refractivity contribution in [2.45, 2.75) is 25.3 Å². The third-order valence-electron chi connectivity index (χ3n) is 4.11. The minimum Gasteiger partial charge on any atom is -0.394 e. The van der Waals surface area contributed by atoms with Gasteiger partial charge in [-0.05, 0) is 47.0 Å². The third-order valence-corrected chi connectivity index (χ3v) is 4.11. The number of rotatable bonds is 5. The number of benzene rings is 2. The monoisotopic (exact) mass is 416 g/mol. The Labute approximate surface area is 160 Å². The highest BCUT2D eigenvalue weighted by Crippen LogP contribution is 2.34. The van der Waals surface area contributed by atoms with E-state index in [0.29, 0.717) is 11.1 Å². The standard InChI is InChI=1S/C18H14F6N4O/c19-17(20,21)13-4-1-11(2-5-13)9-12-3-6-14(18(22,23)24)10-15(12)16-25-27-28(26-16)7-8-29/h1-6,10,29H,7-9H2. The van der Waals surface area contributed by atoms with Crippen LogP contribution in [0.1, 0.15) is 22.3 Å². The number of alkyl halides is 6.